The number of unbranched alkanes of at least 4 members (excludes halogenated alkanes) is 1. The second-order valence-corrected chi connectivity index (χ2v) is 11.7. The third-order valence-corrected chi connectivity index (χ3v) is 10.0. The maximum absolute atomic E-state index is 17.3. The fraction of sp³-hybridized carbons (Fsp3) is 0.741. The van der Waals surface area contributed by atoms with Gasteiger partial charge in [0.25, 0.3) is 0 Å². The van der Waals surface area contributed by atoms with E-state index in [1.165, 1.54) is 13.0 Å². The monoisotopic (exact) mass is 530 g/mol. The fourth-order valence-electron chi connectivity index (χ4n) is 8.14. The minimum absolute atomic E-state index is 0.0944. The highest BCUT2D eigenvalue weighted by molar-refractivity contribution is 6.29. The summed E-state index contributed by atoms with van der Waals surface area (Å²) in [6, 6.07) is 0. The molecule has 9 atom stereocenters. The van der Waals surface area contributed by atoms with Gasteiger partial charge in [-0.1, -0.05) is 33.3 Å². The number of hydrogen-bond donors (Lipinski definition) is 1. The van der Waals surface area contributed by atoms with E-state index < -0.39 is 93.4 Å². The zero-order valence-electron chi connectivity index (χ0n) is 21.1. The number of hydrogen-bond acceptors (Lipinski definition) is 5. The first kappa shape index (κ1) is 27.4. The molecule has 4 aliphatic carbocycles. The van der Waals surface area contributed by atoms with Crippen LogP contribution in [0.15, 0.2) is 23.6 Å². The highest BCUT2D eigenvalue weighted by Crippen LogP contribution is 2.72. The Bertz CT molecular complexity index is 1040. The lowest BCUT2D eigenvalue weighted by Crippen LogP contribution is -2.71. The predicted octanol–water partition coefficient (Wildman–Crippen LogP) is 5.13. The number of fused-ring (bicyclic) bond motifs is 5. The van der Waals surface area contributed by atoms with Crippen LogP contribution >= 0.6 is 11.6 Å². The first-order valence-electron chi connectivity index (χ1n) is 12.7. The van der Waals surface area contributed by atoms with Crippen LogP contribution in [0.1, 0.15) is 66.2 Å². The number of ether oxygens (including phenoxy) is 1. The Hall–Kier alpha value is -1.67. The molecular formula is C27H34ClF3O5. The van der Waals surface area contributed by atoms with Gasteiger partial charge in [-0.15, -0.1) is 11.6 Å². The molecular weight excluding hydrogens is 497 g/mol. The summed E-state index contributed by atoms with van der Waals surface area (Å²) in [7, 11) is 0. The number of rotatable bonds is 6. The van der Waals surface area contributed by atoms with E-state index in [1.54, 1.807) is 13.8 Å². The molecule has 0 spiro atoms. The van der Waals surface area contributed by atoms with Crippen LogP contribution < -0.4 is 0 Å². The SMILES string of the molecule is CCCCC(=O)O[C@]1(C(=O)CCl)C(C)C[C@H]2[C@@H]3CC(F)C4=C(F)C(=O)C=C[C@]4(C)[C@@]3(F)C(O)C[C@@]21C. The average Bonchev–Trinajstić information content (AvgIpc) is 3.03. The molecule has 200 valence electrons. The van der Waals surface area contributed by atoms with Gasteiger partial charge >= 0.3 is 5.97 Å². The Morgan fingerprint density at radius 2 is 1.92 bits per heavy atom. The predicted molar refractivity (Wildman–Crippen MR) is 127 cm³/mol. The number of esters is 1. The van der Waals surface area contributed by atoms with Gasteiger partial charge in [-0.05, 0) is 44.6 Å². The van der Waals surface area contributed by atoms with Gasteiger partial charge in [-0.25, -0.2) is 13.2 Å². The molecule has 5 nitrogen and oxygen atoms in total. The number of halogens is 4. The lowest BCUT2D eigenvalue weighted by Gasteiger charge is -2.63. The molecule has 0 aromatic rings. The largest absolute Gasteiger partial charge is 0.450 e. The molecule has 0 radical (unpaired) electrons. The number of aliphatic hydroxyl groups is 1. The third kappa shape index (κ3) is 3.28. The van der Waals surface area contributed by atoms with Gasteiger partial charge in [-0.3, -0.25) is 14.4 Å². The topological polar surface area (TPSA) is 80.7 Å². The number of carbonyl (C=O) groups is 3. The van der Waals surface area contributed by atoms with Crippen LogP contribution in [0.4, 0.5) is 13.2 Å². The van der Waals surface area contributed by atoms with Crippen molar-refractivity contribution in [3.05, 3.63) is 23.6 Å². The zero-order valence-corrected chi connectivity index (χ0v) is 21.8. The van der Waals surface area contributed by atoms with E-state index in [-0.39, 0.29) is 19.3 Å². The van der Waals surface area contributed by atoms with E-state index in [9.17, 15) is 23.9 Å². The van der Waals surface area contributed by atoms with Crippen LogP contribution in [0.3, 0.4) is 0 Å². The van der Waals surface area contributed by atoms with Crippen LogP contribution in [0.5, 0.6) is 0 Å². The van der Waals surface area contributed by atoms with Gasteiger partial charge in [0.15, 0.2) is 22.9 Å². The van der Waals surface area contributed by atoms with Crippen LogP contribution in [0.25, 0.3) is 0 Å². The van der Waals surface area contributed by atoms with Gasteiger partial charge in [0.05, 0.1) is 12.0 Å². The van der Waals surface area contributed by atoms with Gasteiger partial charge in [0, 0.05) is 34.7 Å². The molecule has 0 heterocycles. The number of alkyl halides is 3. The summed E-state index contributed by atoms with van der Waals surface area (Å²) in [5, 5.41) is 11.4. The van der Waals surface area contributed by atoms with Crippen molar-refractivity contribution in [1.82, 2.24) is 0 Å². The first-order chi connectivity index (χ1) is 16.8. The van der Waals surface area contributed by atoms with Crippen molar-refractivity contribution in [3.8, 4) is 0 Å². The molecule has 4 aliphatic rings. The van der Waals surface area contributed by atoms with Gasteiger partial charge < -0.3 is 9.84 Å². The standard InChI is InChI=1S/C27H34ClF3O5/c1-5-6-7-21(35)36-27(20(34)13-28)14(2)10-15-16-11-17(29)22-23(30)18(32)8-9-24(22,3)26(16,31)19(33)12-25(15,27)4/h8-9,14-17,19,33H,5-7,10-13H2,1-4H3/t14?,15-,16-,17?,19?,24-,25-,26-,27-/m0/s1. The van der Waals surface area contributed by atoms with Crippen LogP contribution in [-0.4, -0.2) is 52.1 Å². The quantitative estimate of drug-likeness (QED) is 0.380. The molecule has 4 rings (SSSR count). The maximum atomic E-state index is 17.3. The summed E-state index contributed by atoms with van der Waals surface area (Å²) in [6.45, 7) is 6.64. The van der Waals surface area contributed by atoms with Crippen LogP contribution in [-0.2, 0) is 19.1 Å². The van der Waals surface area contributed by atoms with Crippen molar-refractivity contribution < 1.29 is 37.4 Å². The van der Waals surface area contributed by atoms with E-state index >= 15 is 8.78 Å². The van der Waals surface area contributed by atoms with Gasteiger partial charge in [0.1, 0.15) is 6.17 Å². The minimum Gasteiger partial charge on any atom is -0.450 e. The van der Waals surface area contributed by atoms with E-state index in [0.717, 1.165) is 12.5 Å². The third-order valence-electron chi connectivity index (χ3n) is 9.79. The second kappa shape index (κ2) is 8.97. The van der Waals surface area contributed by atoms with Crippen molar-refractivity contribution in [1.29, 1.82) is 0 Å². The average molecular weight is 531 g/mol. The molecule has 36 heavy (non-hydrogen) atoms. The van der Waals surface area contributed by atoms with E-state index in [1.807, 2.05) is 6.92 Å². The molecule has 3 saturated carbocycles. The highest BCUT2D eigenvalue weighted by atomic mass is 35.5. The molecule has 3 unspecified atom stereocenters. The lowest BCUT2D eigenvalue weighted by molar-refractivity contribution is -0.230. The summed E-state index contributed by atoms with van der Waals surface area (Å²) in [5.41, 5.74) is -7.91. The Balaban J connectivity index is 1.85. The van der Waals surface area contributed by atoms with E-state index in [4.69, 9.17) is 16.3 Å². The molecule has 0 bridgehead atoms. The molecule has 0 aliphatic heterocycles. The molecule has 9 heteroatoms. The van der Waals surface area contributed by atoms with Crippen molar-refractivity contribution in [3.63, 3.8) is 0 Å². The Morgan fingerprint density at radius 3 is 2.53 bits per heavy atom. The number of Topliss-reactive ketones (excluding diaryl/α,β-unsaturated/α-hetero) is 1. The molecule has 0 saturated heterocycles. The van der Waals surface area contributed by atoms with Crippen LogP contribution in [0, 0.1) is 28.6 Å². The normalized spacial score (nSPS) is 45.7. The van der Waals surface area contributed by atoms with Crippen molar-refractivity contribution in [2.24, 2.45) is 28.6 Å². The maximum Gasteiger partial charge on any atom is 0.306 e. The number of allylic oxidation sites excluding steroid dienone is 4. The zero-order chi connectivity index (χ0) is 26.8. The van der Waals surface area contributed by atoms with E-state index in [0.29, 0.717) is 6.42 Å². The van der Waals surface area contributed by atoms with E-state index in [2.05, 4.69) is 0 Å². The summed E-state index contributed by atoms with van der Waals surface area (Å²) in [5.74, 6) is -6.25. The number of aliphatic hydroxyl groups excluding tert-OH is 1. The molecule has 0 aromatic heterocycles. The minimum atomic E-state index is -2.50. The molecule has 0 aromatic carbocycles. The molecule has 0 amide bonds. The summed E-state index contributed by atoms with van der Waals surface area (Å²) in [6.07, 6.45) is -0.749. The Labute approximate surface area is 214 Å². The smallest absolute Gasteiger partial charge is 0.306 e. The van der Waals surface area contributed by atoms with Crippen molar-refractivity contribution in [2.45, 2.75) is 89.8 Å². The van der Waals surface area contributed by atoms with Crippen molar-refractivity contribution in [2.75, 3.05) is 5.88 Å². The number of carbonyl (C=O) groups excluding carboxylic acids is 3. The highest BCUT2D eigenvalue weighted by Gasteiger charge is 2.78. The lowest BCUT2D eigenvalue weighted by atomic mass is 9.44. The van der Waals surface area contributed by atoms with Gasteiger partial charge in [-0.2, -0.15) is 0 Å². The Morgan fingerprint density at radius 1 is 1.25 bits per heavy atom. The Kier molecular flexibility index (Phi) is 6.82. The van der Waals surface area contributed by atoms with Crippen molar-refractivity contribution >= 4 is 29.1 Å². The first-order valence-corrected chi connectivity index (χ1v) is 13.3. The van der Waals surface area contributed by atoms with Gasteiger partial charge in [0.2, 0.25) is 5.78 Å². The molecule has 3 fully saturated rings. The number of ketones is 2. The summed E-state index contributed by atoms with van der Waals surface area (Å²) < 4.78 is 53.7. The molecule has 1 N–H and O–H groups in total. The summed E-state index contributed by atoms with van der Waals surface area (Å²) >= 11 is 6.01. The summed E-state index contributed by atoms with van der Waals surface area (Å²) in [4.78, 5) is 38.2. The van der Waals surface area contributed by atoms with Crippen LogP contribution in [0.2, 0.25) is 0 Å². The fourth-order valence-corrected chi connectivity index (χ4v) is 8.33. The second-order valence-electron chi connectivity index (χ2n) is 11.5.